The van der Waals surface area contributed by atoms with Gasteiger partial charge in [-0.15, -0.1) is 5.10 Å². The molecule has 1 fully saturated rings. The van der Waals surface area contributed by atoms with Gasteiger partial charge in [0, 0.05) is 12.6 Å². The Bertz CT molecular complexity index is 327. The van der Waals surface area contributed by atoms with E-state index in [1.807, 2.05) is 4.68 Å². The van der Waals surface area contributed by atoms with E-state index in [1.165, 1.54) is 0 Å². The maximum absolute atomic E-state index is 9.24. The summed E-state index contributed by atoms with van der Waals surface area (Å²) in [6, 6.07) is 0.284. The maximum atomic E-state index is 9.24. The van der Waals surface area contributed by atoms with Crippen LogP contribution in [-0.4, -0.2) is 49.4 Å². The van der Waals surface area contributed by atoms with E-state index in [2.05, 4.69) is 27.3 Å². The first-order valence-corrected chi connectivity index (χ1v) is 5.95. The van der Waals surface area contributed by atoms with E-state index in [-0.39, 0.29) is 12.6 Å². The predicted octanol–water partition coefficient (Wildman–Crippen LogP) is 0.0398. The molecule has 2 rings (SSSR count). The number of tetrazole rings is 1. The lowest BCUT2D eigenvalue weighted by molar-refractivity contribution is 0.149. The molecule has 6 heteroatoms. The van der Waals surface area contributed by atoms with Crippen molar-refractivity contribution < 1.29 is 5.11 Å². The van der Waals surface area contributed by atoms with Crippen LogP contribution in [0.5, 0.6) is 0 Å². The van der Waals surface area contributed by atoms with Crippen molar-refractivity contribution in [3.63, 3.8) is 0 Å². The Kier molecular flexibility index (Phi) is 3.84. The van der Waals surface area contributed by atoms with Gasteiger partial charge in [-0.25, -0.2) is 4.68 Å². The molecule has 1 aliphatic rings. The van der Waals surface area contributed by atoms with Crippen molar-refractivity contribution in [2.75, 3.05) is 13.2 Å². The molecule has 6 nitrogen and oxygen atoms in total. The van der Waals surface area contributed by atoms with Crippen LogP contribution in [0.25, 0.3) is 0 Å². The van der Waals surface area contributed by atoms with Gasteiger partial charge in [0.2, 0.25) is 0 Å². The Morgan fingerprint density at radius 1 is 1.50 bits per heavy atom. The van der Waals surface area contributed by atoms with E-state index in [1.54, 1.807) is 0 Å². The van der Waals surface area contributed by atoms with Gasteiger partial charge in [-0.3, -0.25) is 4.90 Å². The predicted molar refractivity (Wildman–Crippen MR) is 58.6 cm³/mol. The number of aromatic nitrogens is 4. The van der Waals surface area contributed by atoms with Crippen molar-refractivity contribution in [2.24, 2.45) is 0 Å². The lowest BCUT2D eigenvalue weighted by atomic mass is 10.2. The van der Waals surface area contributed by atoms with Gasteiger partial charge >= 0.3 is 0 Å². The Morgan fingerprint density at radius 2 is 2.38 bits per heavy atom. The summed E-state index contributed by atoms with van der Waals surface area (Å²) < 4.78 is 1.85. The maximum Gasteiger partial charge on any atom is 0.165 e. The fourth-order valence-corrected chi connectivity index (χ4v) is 2.21. The smallest absolute Gasteiger partial charge is 0.165 e. The molecule has 1 atom stereocenters. The normalized spacial score (nSPS) is 21.8. The van der Waals surface area contributed by atoms with Gasteiger partial charge in [0.1, 0.15) is 0 Å². The minimum absolute atomic E-state index is 0.231. The second-order valence-electron chi connectivity index (χ2n) is 4.27. The second-order valence-corrected chi connectivity index (χ2v) is 4.27. The van der Waals surface area contributed by atoms with E-state index in [0.717, 1.165) is 44.7 Å². The summed E-state index contributed by atoms with van der Waals surface area (Å²) >= 11 is 0. The number of nitrogens with zero attached hydrogens (tertiary/aromatic N) is 5. The fraction of sp³-hybridized carbons (Fsp3) is 0.900. The molecule has 90 valence electrons. The van der Waals surface area contributed by atoms with E-state index in [4.69, 9.17) is 0 Å². The number of likely N-dealkylation sites (tertiary alicyclic amines) is 1. The highest BCUT2D eigenvalue weighted by molar-refractivity contribution is 4.86. The first-order chi connectivity index (χ1) is 7.85. The van der Waals surface area contributed by atoms with E-state index < -0.39 is 0 Å². The van der Waals surface area contributed by atoms with Crippen molar-refractivity contribution in [1.82, 2.24) is 25.1 Å². The van der Waals surface area contributed by atoms with Crippen molar-refractivity contribution in [3.8, 4) is 0 Å². The largest absolute Gasteiger partial charge is 0.395 e. The first kappa shape index (κ1) is 11.5. The number of hydrogen-bond acceptors (Lipinski definition) is 5. The number of aliphatic hydroxyl groups is 1. The monoisotopic (exact) mass is 225 g/mol. The van der Waals surface area contributed by atoms with E-state index in [0.29, 0.717) is 0 Å². The summed E-state index contributed by atoms with van der Waals surface area (Å²) in [6.07, 6.45) is 3.26. The minimum atomic E-state index is 0.231. The Hall–Kier alpha value is -1.01. The molecule has 1 aromatic heterocycles. The average Bonchev–Trinajstić information content (AvgIpc) is 2.89. The molecule has 0 spiro atoms. The van der Waals surface area contributed by atoms with Crippen LogP contribution in [0.3, 0.4) is 0 Å². The van der Waals surface area contributed by atoms with Crippen LogP contribution in [0.4, 0.5) is 0 Å². The quantitative estimate of drug-likeness (QED) is 0.766. The highest BCUT2D eigenvalue weighted by Gasteiger charge is 2.25. The zero-order valence-corrected chi connectivity index (χ0v) is 9.71. The summed E-state index contributed by atoms with van der Waals surface area (Å²) in [5, 5.41) is 21.0. The fourth-order valence-electron chi connectivity index (χ4n) is 2.21. The molecule has 0 unspecified atom stereocenters. The zero-order chi connectivity index (χ0) is 11.4. The Balaban J connectivity index is 1.99. The lowest BCUT2D eigenvalue weighted by Crippen LogP contribution is -2.32. The Morgan fingerprint density at radius 3 is 3.12 bits per heavy atom. The summed E-state index contributed by atoms with van der Waals surface area (Å²) in [5.41, 5.74) is 0. The molecular weight excluding hydrogens is 206 g/mol. The second kappa shape index (κ2) is 5.36. The van der Waals surface area contributed by atoms with Crippen LogP contribution in [-0.2, 0) is 13.1 Å². The van der Waals surface area contributed by atoms with Crippen molar-refractivity contribution in [1.29, 1.82) is 0 Å². The third kappa shape index (κ3) is 2.38. The van der Waals surface area contributed by atoms with Gasteiger partial charge in [0.15, 0.2) is 5.82 Å². The van der Waals surface area contributed by atoms with Crippen LogP contribution in [0.15, 0.2) is 0 Å². The lowest BCUT2D eigenvalue weighted by Gasteiger charge is -2.21. The highest BCUT2D eigenvalue weighted by atomic mass is 16.3. The van der Waals surface area contributed by atoms with Gasteiger partial charge in [-0.2, -0.15) is 0 Å². The van der Waals surface area contributed by atoms with Crippen LogP contribution < -0.4 is 0 Å². The molecule has 1 N–H and O–H groups in total. The summed E-state index contributed by atoms with van der Waals surface area (Å²) in [4.78, 5) is 2.26. The molecule has 2 heterocycles. The summed E-state index contributed by atoms with van der Waals surface area (Å²) in [7, 11) is 0. The van der Waals surface area contributed by atoms with Crippen molar-refractivity contribution in [2.45, 2.75) is 45.3 Å². The third-order valence-electron chi connectivity index (χ3n) is 3.10. The van der Waals surface area contributed by atoms with E-state index >= 15 is 0 Å². The Labute approximate surface area is 95.2 Å². The molecular formula is C10H19N5O. The number of hydrogen-bond donors (Lipinski definition) is 1. The average molecular weight is 225 g/mol. The van der Waals surface area contributed by atoms with Gasteiger partial charge in [0.05, 0.1) is 13.2 Å². The van der Waals surface area contributed by atoms with Gasteiger partial charge < -0.3 is 5.11 Å². The van der Waals surface area contributed by atoms with Crippen LogP contribution in [0.2, 0.25) is 0 Å². The molecule has 0 bridgehead atoms. The number of aryl methyl sites for hydroxylation is 1. The first-order valence-electron chi connectivity index (χ1n) is 5.95. The summed E-state index contributed by atoms with van der Waals surface area (Å²) in [5.74, 6) is 0.905. The third-order valence-corrected chi connectivity index (χ3v) is 3.10. The van der Waals surface area contributed by atoms with Gasteiger partial charge in [-0.05, 0) is 36.2 Å². The standard InChI is InChI=1S/C10H19N5O/c1-2-5-15-10(11-12-13-15)7-14-6-3-4-9(14)8-16/h9,16H,2-8H2,1H3/t9-/m1/s1. The molecule has 1 aromatic rings. The molecule has 0 radical (unpaired) electrons. The topological polar surface area (TPSA) is 67.1 Å². The molecule has 1 saturated heterocycles. The molecule has 0 saturated carbocycles. The SMILES string of the molecule is CCCn1nnnc1CN1CCC[C@@H]1CO. The van der Waals surface area contributed by atoms with Crippen molar-refractivity contribution in [3.05, 3.63) is 5.82 Å². The van der Waals surface area contributed by atoms with E-state index in [9.17, 15) is 5.11 Å². The number of rotatable bonds is 5. The molecule has 0 aromatic carbocycles. The van der Waals surface area contributed by atoms with Gasteiger partial charge in [-0.1, -0.05) is 6.92 Å². The molecule has 16 heavy (non-hydrogen) atoms. The van der Waals surface area contributed by atoms with Crippen LogP contribution >= 0.6 is 0 Å². The molecule has 0 amide bonds. The summed E-state index contributed by atoms with van der Waals surface area (Å²) in [6.45, 7) is 4.98. The highest BCUT2D eigenvalue weighted by Crippen LogP contribution is 2.18. The van der Waals surface area contributed by atoms with Crippen molar-refractivity contribution >= 4 is 0 Å². The zero-order valence-electron chi connectivity index (χ0n) is 9.71. The molecule has 1 aliphatic heterocycles. The number of aliphatic hydroxyl groups excluding tert-OH is 1. The van der Waals surface area contributed by atoms with Crippen LogP contribution in [0, 0.1) is 0 Å². The van der Waals surface area contributed by atoms with Crippen LogP contribution in [0.1, 0.15) is 32.0 Å². The van der Waals surface area contributed by atoms with Gasteiger partial charge in [0.25, 0.3) is 0 Å². The molecule has 0 aliphatic carbocycles. The minimum Gasteiger partial charge on any atom is -0.395 e.